The van der Waals surface area contributed by atoms with E-state index < -0.39 is 0 Å². The molecule has 3 rings (SSSR count). The van der Waals surface area contributed by atoms with Crippen LogP contribution in [0.1, 0.15) is 11.4 Å². The summed E-state index contributed by atoms with van der Waals surface area (Å²) in [7, 11) is 1.61. The lowest BCUT2D eigenvalue weighted by Gasteiger charge is -2.08. The highest BCUT2D eigenvalue weighted by atomic mass is 16.5. The first-order valence-electron chi connectivity index (χ1n) is 8.30. The molecule has 1 N–H and O–H groups in total. The fraction of sp³-hybridized carbons (Fsp3) is 0.211. The van der Waals surface area contributed by atoms with E-state index in [1.54, 1.807) is 14.0 Å². The molecule has 0 saturated carbocycles. The van der Waals surface area contributed by atoms with E-state index in [9.17, 15) is 9.59 Å². The maximum absolute atomic E-state index is 12.1. The Labute approximate surface area is 155 Å². The van der Waals surface area contributed by atoms with Gasteiger partial charge in [0.05, 0.1) is 31.4 Å². The summed E-state index contributed by atoms with van der Waals surface area (Å²) in [5, 5.41) is 2.75. The summed E-state index contributed by atoms with van der Waals surface area (Å²) in [6, 6.07) is 10.7. The molecule has 0 atom stereocenters. The second-order valence-electron chi connectivity index (χ2n) is 5.90. The minimum atomic E-state index is -0.299. The predicted molar refractivity (Wildman–Crippen MR) is 99.1 cm³/mol. The maximum Gasteiger partial charge on any atom is 0.253 e. The van der Waals surface area contributed by atoms with Crippen molar-refractivity contribution in [3.63, 3.8) is 0 Å². The van der Waals surface area contributed by atoms with E-state index in [0.717, 1.165) is 17.0 Å². The van der Waals surface area contributed by atoms with Crippen LogP contribution in [-0.4, -0.2) is 32.5 Å². The number of aryl methyl sites for hydroxylation is 1. The quantitative estimate of drug-likeness (QED) is 0.708. The van der Waals surface area contributed by atoms with Crippen LogP contribution in [0.5, 0.6) is 5.75 Å². The summed E-state index contributed by atoms with van der Waals surface area (Å²) in [5.74, 6) is 0.466. The monoisotopic (exact) mass is 365 g/mol. The van der Waals surface area contributed by atoms with Crippen molar-refractivity contribution in [2.24, 2.45) is 0 Å². The standard InChI is InChI=1S/C19H19N5O3/c1-13-7-19(26)24(12-23-13)10-18(25)20-9-15-8-17(22-11-21-15)14-3-5-16(27-2)6-4-14/h3-8,11-12H,9-10H2,1-2H3,(H,20,25). The highest BCUT2D eigenvalue weighted by Gasteiger charge is 2.07. The van der Waals surface area contributed by atoms with Gasteiger partial charge in [0.2, 0.25) is 5.91 Å². The molecule has 1 amide bonds. The maximum atomic E-state index is 12.1. The molecule has 138 valence electrons. The third kappa shape index (κ3) is 4.75. The Hall–Kier alpha value is -3.55. The van der Waals surface area contributed by atoms with E-state index in [1.807, 2.05) is 30.3 Å². The largest absolute Gasteiger partial charge is 0.497 e. The number of methoxy groups -OCH3 is 1. The molecule has 3 aromatic rings. The van der Waals surface area contributed by atoms with E-state index in [1.165, 1.54) is 23.3 Å². The lowest BCUT2D eigenvalue weighted by molar-refractivity contribution is -0.121. The van der Waals surface area contributed by atoms with Gasteiger partial charge < -0.3 is 10.1 Å². The van der Waals surface area contributed by atoms with Gasteiger partial charge in [-0.15, -0.1) is 0 Å². The number of ether oxygens (including phenoxy) is 1. The zero-order valence-corrected chi connectivity index (χ0v) is 15.0. The number of aromatic nitrogens is 4. The van der Waals surface area contributed by atoms with E-state index in [-0.39, 0.29) is 24.6 Å². The average molecular weight is 365 g/mol. The number of benzene rings is 1. The van der Waals surface area contributed by atoms with Crippen LogP contribution >= 0.6 is 0 Å². The van der Waals surface area contributed by atoms with Crippen LogP contribution in [0, 0.1) is 6.92 Å². The molecule has 0 aliphatic heterocycles. The van der Waals surface area contributed by atoms with Gasteiger partial charge in [-0.1, -0.05) is 0 Å². The summed E-state index contributed by atoms with van der Waals surface area (Å²) in [5.41, 5.74) is 2.68. The fourth-order valence-corrected chi connectivity index (χ4v) is 2.45. The highest BCUT2D eigenvalue weighted by molar-refractivity contribution is 5.75. The third-order valence-corrected chi connectivity index (χ3v) is 3.91. The second kappa shape index (κ2) is 8.22. The number of hydrogen-bond donors (Lipinski definition) is 1. The molecule has 0 aliphatic rings. The van der Waals surface area contributed by atoms with Crippen LogP contribution in [0.4, 0.5) is 0 Å². The summed E-state index contributed by atoms with van der Waals surface area (Å²) < 4.78 is 6.40. The molecule has 0 aliphatic carbocycles. The minimum Gasteiger partial charge on any atom is -0.497 e. The van der Waals surface area contributed by atoms with Crippen molar-refractivity contribution in [1.29, 1.82) is 0 Å². The van der Waals surface area contributed by atoms with E-state index in [0.29, 0.717) is 11.4 Å². The van der Waals surface area contributed by atoms with Gasteiger partial charge in [0.15, 0.2) is 0 Å². The smallest absolute Gasteiger partial charge is 0.253 e. The summed E-state index contributed by atoms with van der Waals surface area (Å²) in [4.78, 5) is 36.4. The zero-order chi connectivity index (χ0) is 19.2. The van der Waals surface area contributed by atoms with Crippen molar-refractivity contribution in [1.82, 2.24) is 24.8 Å². The molecule has 0 radical (unpaired) electrons. The van der Waals surface area contributed by atoms with E-state index >= 15 is 0 Å². The van der Waals surface area contributed by atoms with Gasteiger partial charge >= 0.3 is 0 Å². The molecule has 8 nitrogen and oxygen atoms in total. The molecule has 0 bridgehead atoms. The Morgan fingerprint density at radius 3 is 2.63 bits per heavy atom. The molecule has 8 heteroatoms. The van der Waals surface area contributed by atoms with E-state index in [2.05, 4.69) is 20.3 Å². The summed E-state index contributed by atoms with van der Waals surface area (Å²) >= 11 is 0. The minimum absolute atomic E-state index is 0.0947. The van der Waals surface area contributed by atoms with Crippen molar-refractivity contribution < 1.29 is 9.53 Å². The van der Waals surface area contributed by atoms with E-state index in [4.69, 9.17) is 4.74 Å². The van der Waals surface area contributed by atoms with Gasteiger partial charge in [-0.05, 0) is 37.3 Å². The second-order valence-corrected chi connectivity index (χ2v) is 5.90. The van der Waals surface area contributed by atoms with Crippen LogP contribution in [-0.2, 0) is 17.9 Å². The first-order chi connectivity index (χ1) is 13.0. The summed E-state index contributed by atoms with van der Waals surface area (Å²) in [6.45, 7) is 1.86. The molecule has 1 aromatic carbocycles. The topological polar surface area (TPSA) is 99.0 Å². The molecular weight excluding hydrogens is 346 g/mol. The van der Waals surface area contributed by atoms with Gasteiger partial charge in [-0.2, -0.15) is 0 Å². The lowest BCUT2D eigenvalue weighted by atomic mass is 10.1. The van der Waals surface area contributed by atoms with Gasteiger partial charge in [-0.25, -0.2) is 15.0 Å². The lowest BCUT2D eigenvalue weighted by Crippen LogP contribution is -2.32. The predicted octanol–water partition coefficient (Wildman–Crippen LogP) is 1.33. The third-order valence-electron chi connectivity index (χ3n) is 3.91. The molecule has 0 fully saturated rings. The first-order valence-corrected chi connectivity index (χ1v) is 8.30. The Balaban J connectivity index is 1.63. The molecule has 2 aromatic heterocycles. The first kappa shape index (κ1) is 18.2. The van der Waals surface area contributed by atoms with Gasteiger partial charge in [0.25, 0.3) is 5.56 Å². The molecule has 0 unspecified atom stereocenters. The summed E-state index contributed by atoms with van der Waals surface area (Å²) in [6.07, 6.45) is 2.82. The number of carbonyl (C=O) groups is 1. The number of rotatable bonds is 6. The fourth-order valence-electron chi connectivity index (χ4n) is 2.45. The van der Waals surface area contributed by atoms with Crippen molar-refractivity contribution >= 4 is 5.91 Å². The number of hydrogen-bond acceptors (Lipinski definition) is 6. The Kier molecular flexibility index (Phi) is 5.55. The number of nitrogens with zero attached hydrogens (tertiary/aromatic N) is 4. The molecule has 0 spiro atoms. The highest BCUT2D eigenvalue weighted by Crippen LogP contribution is 2.20. The van der Waals surface area contributed by atoms with Crippen molar-refractivity contribution in [2.75, 3.05) is 7.11 Å². The number of nitrogens with one attached hydrogen (secondary N) is 1. The molecule has 27 heavy (non-hydrogen) atoms. The van der Waals surface area contributed by atoms with Crippen LogP contribution in [0.25, 0.3) is 11.3 Å². The molecule has 0 saturated heterocycles. The Morgan fingerprint density at radius 1 is 1.15 bits per heavy atom. The number of carbonyl (C=O) groups excluding carboxylic acids is 1. The Bertz CT molecular complexity index is 999. The van der Waals surface area contributed by atoms with Crippen LogP contribution in [0.15, 0.2) is 53.8 Å². The molecular formula is C19H19N5O3. The number of amides is 1. The van der Waals surface area contributed by atoms with Crippen LogP contribution < -0.4 is 15.6 Å². The molecule has 2 heterocycles. The van der Waals surface area contributed by atoms with Gasteiger partial charge in [0, 0.05) is 17.3 Å². The van der Waals surface area contributed by atoms with Crippen LogP contribution in [0.3, 0.4) is 0 Å². The van der Waals surface area contributed by atoms with Crippen molar-refractivity contribution in [3.8, 4) is 17.0 Å². The van der Waals surface area contributed by atoms with Gasteiger partial charge in [0.1, 0.15) is 18.6 Å². The van der Waals surface area contributed by atoms with Crippen molar-refractivity contribution in [3.05, 3.63) is 70.8 Å². The average Bonchev–Trinajstić information content (AvgIpc) is 2.69. The van der Waals surface area contributed by atoms with Crippen molar-refractivity contribution in [2.45, 2.75) is 20.0 Å². The van der Waals surface area contributed by atoms with Crippen LogP contribution in [0.2, 0.25) is 0 Å². The Morgan fingerprint density at radius 2 is 1.93 bits per heavy atom. The normalized spacial score (nSPS) is 10.4. The zero-order valence-electron chi connectivity index (χ0n) is 15.0. The van der Waals surface area contributed by atoms with Gasteiger partial charge in [-0.3, -0.25) is 14.2 Å². The SMILES string of the molecule is COc1ccc(-c2cc(CNC(=O)Cn3cnc(C)cc3=O)ncn2)cc1.